The first-order valence-electron chi connectivity index (χ1n) is 8.85. The van der Waals surface area contributed by atoms with Gasteiger partial charge < -0.3 is 5.32 Å². The number of aromatic nitrogens is 3. The fourth-order valence-corrected chi connectivity index (χ4v) is 3.07. The summed E-state index contributed by atoms with van der Waals surface area (Å²) in [7, 11) is 0. The maximum absolute atomic E-state index is 13.3. The number of nitrogens with one attached hydrogen (secondary N) is 1. The van der Waals surface area contributed by atoms with Gasteiger partial charge in [-0.25, -0.2) is 0 Å². The second kappa shape index (κ2) is 7.53. The molecule has 158 valence electrons. The minimum Gasteiger partial charge on any atom is -0.338 e. The first-order chi connectivity index (χ1) is 14.6. The second-order valence-electron chi connectivity index (χ2n) is 6.59. The van der Waals surface area contributed by atoms with Crippen LogP contribution in [0, 0.1) is 0 Å². The number of anilines is 2. The zero-order valence-corrected chi connectivity index (χ0v) is 15.5. The van der Waals surface area contributed by atoms with Crippen molar-refractivity contribution in [1.82, 2.24) is 15.2 Å². The lowest BCUT2D eigenvalue weighted by Gasteiger charge is -2.13. The summed E-state index contributed by atoms with van der Waals surface area (Å²) in [6, 6.07) is 11.1. The SMILES string of the molecule is FC(F)(F)c1ccc(Nc2nncc3cc(-c4ncccc4C(F)(F)F)ccc23)cc1. The molecular weight excluding hydrogens is 422 g/mol. The molecule has 0 bridgehead atoms. The molecule has 1 N–H and O–H groups in total. The quantitative estimate of drug-likeness (QED) is 0.376. The van der Waals surface area contributed by atoms with Crippen LogP contribution in [0.3, 0.4) is 0 Å². The van der Waals surface area contributed by atoms with Gasteiger partial charge in [-0.15, -0.1) is 5.10 Å². The van der Waals surface area contributed by atoms with E-state index in [1.807, 2.05) is 0 Å². The Kier molecular flexibility index (Phi) is 5.00. The lowest BCUT2D eigenvalue weighted by atomic mass is 10.0. The van der Waals surface area contributed by atoms with E-state index in [9.17, 15) is 26.3 Å². The van der Waals surface area contributed by atoms with Gasteiger partial charge in [0, 0.05) is 28.2 Å². The lowest BCUT2D eigenvalue weighted by molar-refractivity contribution is -0.138. The topological polar surface area (TPSA) is 50.7 Å². The summed E-state index contributed by atoms with van der Waals surface area (Å²) in [6.45, 7) is 0. The Hall–Kier alpha value is -3.69. The predicted octanol–water partition coefficient (Wildman–Crippen LogP) is 6.47. The Bertz CT molecular complexity index is 1230. The molecule has 0 radical (unpaired) electrons. The molecular formula is C21H12F6N4. The zero-order valence-electron chi connectivity index (χ0n) is 15.5. The highest BCUT2D eigenvalue weighted by Crippen LogP contribution is 2.37. The average Bonchev–Trinajstić information content (AvgIpc) is 2.73. The summed E-state index contributed by atoms with van der Waals surface area (Å²) >= 11 is 0. The number of pyridine rings is 1. The summed E-state index contributed by atoms with van der Waals surface area (Å²) in [6.07, 6.45) is -6.36. The summed E-state index contributed by atoms with van der Waals surface area (Å²) in [5.74, 6) is 0.251. The van der Waals surface area contributed by atoms with Crippen molar-refractivity contribution in [2.45, 2.75) is 12.4 Å². The third-order valence-corrected chi connectivity index (χ3v) is 4.52. The minimum absolute atomic E-state index is 0.217. The normalized spacial score (nSPS) is 12.2. The standard InChI is InChI=1S/C21H12F6N4/c22-20(23,24)14-4-6-15(7-5-14)30-19-16-8-3-12(10-13(16)11-29-31-19)18-17(21(25,26)27)2-1-9-28-18/h1-11H,(H,30,31). The van der Waals surface area contributed by atoms with E-state index in [0.29, 0.717) is 16.5 Å². The van der Waals surface area contributed by atoms with E-state index >= 15 is 0 Å². The first kappa shape index (κ1) is 20.6. The Morgan fingerprint density at radius 3 is 2.23 bits per heavy atom. The molecule has 0 atom stereocenters. The monoisotopic (exact) mass is 434 g/mol. The molecule has 0 saturated heterocycles. The van der Waals surface area contributed by atoms with Crippen LogP contribution in [-0.4, -0.2) is 15.2 Å². The first-order valence-corrected chi connectivity index (χ1v) is 8.85. The van der Waals surface area contributed by atoms with Crippen LogP contribution in [0.15, 0.2) is 67.0 Å². The molecule has 0 fully saturated rings. The Labute approximate surface area is 171 Å². The van der Waals surface area contributed by atoms with Crippen LogP contribution in [0.4, 0.5) is 37.8 Å². The number of hydrogen-bond acceptors (Lipinski definition) is 4. The van der Waals surface area contributed by atoms with Gasteiger partial charge >= 0.3 is 12.4 Å². The van der Waals surface area contributed by atoms with Gasteiger partial charge in [0.05, 0.1) is 23.0 Å². The third kappa shape index (κ3) is 4.27. The van der Waals surface area contributed by atoms with E-state index < -0.39 is 23.5 Å². The number of fused-ring (bicyclic) bond motifs is 1. The van der Waals surface area contributed by atoms with Crippen LogP contribution < -0.4 is 5.32 Å². The zero-order chi connectivity index (χ0) is 22.2. The van der Waals surface area contributed by atoms with Crippen molar-refractivity contribution >= 4 is 22.3 Å². The van der Waals surface area contributed by atoms with Gasteiger partial charge in [-0.05, 0) is 48.5 Å². The summed E-state index contributed by atoms with van der Waals surface area (Å²) in [5, 5.41) is 11.7. The number of nitrogens with zero attached hydrogens (tertiary/aromatic N) is 3. The fourth-order valence-electron chi connectivity index (χ4n) is 3.07. The van der Waals surface area contributed by atoms with Crippen molar-refractivity contribution in [3.63, 3.8) is 0 Å². The molecule has 0 unspecified atom stereocenters. The van der Waals surface area contributed by atoms with Crippen molar-refractivity contribution in [2.24, 2.45) is 0 Å². The number of rotatable bonds is 3. The van der Waals surface area contributed by atoms with E-state index in [1.54, 1.807) is 6.07 Å². The number of halogens is 6. The van der Waals surface area contributed by atoms with E-state index in [4.69, 9.17) is 0 Å². The molecule has 4 nitrogen and oxygen atoms in total. The van der Waals surface area contributed by atoms with Crippen LogP contribution in [0.1, 0.15) is 11.1 Å². The number of benzene rings is 2. The summed E-state index contributed by atoms with van der Waals surface area (Å²) in [5.41, 5.74) is -1.27. The molecule has 0 amide bonds. The molecule has 2 aromatic heterocycles. The molecule has 0 spiro atoms. The van der Waals surface area contributed by atoms with Gasteiger partial charge in [-0.2, -0.15) is 31.4 Å². The van der Waals surface area contributed by atoms with Crippen molar-refractivity contribution in [2.75, 3.05) is 5.32 Å². The van der Waals surface area contributed by atoms with E-state index in [0.717, 1.165) is 18.2 Å². The molecule has 0 aliphatic carbocycles. The highest BCUT2D eigenvalue weighted by molar-refractivity contribution is 5.95. The van der Waals surface area contributed by atoms with Crippen LogP contribution >= 0.6 is 0 Å². The van der Waals surface area contributed by atoms with Crippen LogP contribution in [0.5, 0.6) is 0 Å². The molecule has 2 aromatic carbocycles. The number of hydrogen-bond donors (Lipinski definition) is 1. The van der Waals surface area contributed by atoms with Crippen molar-refractivity contribution in [3.8, 4) is 11.3 Å². The Balaban J connectivity index is 1.70. The van der Waals surface area contributed by atoms with E-state index in [1.165, 1.54) is 42.7 Å². The molecule has 0 aliphatic heterocycles. The molecule has 4 rings (SSSR count). The molecule has 0 saturated carbocycles. The Morgan fingerprint density at radius 2 is 1.55 bits per heavy atom. The summed E-state index contributed by atoms with van der Waals surface area (Å²) < 4.78 is 78.1. The van der Waals surface area contributed by atoms with Gasteiger partial charge in [0.25, 0.3) is 0 Å². The Morgan fingerprint density at radius 1 is 0.806 bits per heavy atom. The minimum atomic E-state index is -4.57. The van der Waals surface area contributed by atoms with Crippen molar-refractivity contribution in [3.05, 3.63) is 78.1 Å². The molecule has 0 aliphatic rings. The fraction of sp³-hybridized carbons (Fsp3) is 0.0952. The number of alkyl halides is 6. The maximum Gasteiger partial charge on any atom is 0.418 e. The van der Waals surface area contributed by atoms with Crippen molar-refractivity contribution < 1.29 is 26.3 Å². The third-order valence-electron chi connectivity index (χ3n) is 4.52. The highest BCUT2D eigenvalue weighted by Gasteiger charge is 2.34. The highest BCUT2D eigenvalue weighted by atomic mass is 19.4. The van der Waals surface area contributed by atoms with Crippen molar-refractivity contribution in [1.29, 1.82) is 0 Å². The van der Waals surface area contributed by atoms with Gasteiger partial charge in [0.2, 0.25) is 0 Å². The largest absolute Gasteiger partial charge is 0.418 e. The van der Waals surface area contributed by atoms with E-state index in [-0.39, 0.29) is 17.1 Å². The predicted molar refractivity (Wildman–Crippen MR) is 102 cm³/mol. The van der Waals surface area contributed by atoms with Gasteiger partial charge in [-0.3, -0.25) is 4.98 Å². The maximum atomic E-state index is 13.3. The van der Waals surface area contributed by atoms with Gasteiger partial charge in [0.1, 0.15) is 0 Å². The van der Waals surface area contributed by atoms with Crippen LogP contribution in [-0.2, 0) is 12.4 Å². The smallest absolute Gasteiger partial charge is 0.338 e. The van der Waals surface area contributed by atoms with Gasteiger partial charge in [0.15, 0.2) is 5.82 Å². The average molecular weight is 434 g/mol. The van der Waals surface area contributed by atoms with Crippen LogP contribution in [0.25, 0.3) is 22.0 Å². The summed E-state index contributed by atoms with van der Waals surface area (Å²) in [4.78, 5) is 3.88. The lowest BCUT2D eigenvalue weighted by Crippen LogP contribution is -2.08. The second-order valence-corrected chi connectivity index (χ2v) is 6.59. The van der Waals surface area contributed by atoms with Crippen LogP contribution in [0.2, 0.25) is 0 Å². The molecule has 4 aromatic rings. The van der Waals surface area contributed by atoms with E-state index in [2.05, 4.69) is 20.5 Å². The molecule has 31 heavy (non-hydrogen) atoms. The molecule has 2 heterocycles. The molecule has 10 heteroatoms. The van der Waals surface area contributed by atoms with Gasteiger partial charge in [-0.1, -0.05) is 6.07 Å².